The largest absolute Gasteiger partial charge is 0.469 e. The molecule has 48 valence electrons. The zero-order valence-electron chi connectivity index (χ0n) is 5.21. The molecule has 2 heteroatoms. The van der Waals surface area contributed by atoms with Gasteiger partial charge in [0.25, 0.3) is 0 Å². The number of hydrogen-bond acceptors (Lipinski definition) is 2. The molecular formula is C7H9NO. The zero-order valence-corrected chi connectivity index (χ0v) is 5.21. The van der Waals surface area contributed by atoms with E-state index in [4.69, 9.17) is 4.42 Å². The van der Waals surface area contributed by atoms with Crippen molar-refractivity contribution in [1.29, 1.82) is 0 Å². The van der Waals surface area contributed by atoms with Crippen molar-refractivity contribution in [1.82, 2.24) is 0 Å². The lowest BCUT2D eigenvalue weighted by Crippen LogP contribution is -1.83. The van der Waals surface area contributed by atoms with Gasteiger partial charge in [-0.15, -0.1) is 0 Å². The number of furan rings is 1. The second kappa shape index (κ2) is 3.07. The minimum atomic E-state index is 0.744. The molecule has 0 aliphatic rings. The Labute approximate surface area is 54.2 Å². The summed E-state index contributed by atoms with van der Waals surface area (Å²) in [6.07, 6.45) is 2.52. The average Bonchev–Trinajstić information content (AvgIpc) is 2.34. The molecule has 0 aliphatic heterocycles. The van der Waals surface area contributed by atoms with Crippen molar-refractivity contribution in [2.45, 2.75) is 6.42 Å². The fourth-order valence-electron chi connectivity index (χ4n) is 0.644. The highest BCUT2D eigenvalue weighted by atomic mass is 16.3. The molecule has 1 rings (SSSR count). The molecule has 1 aromatic heterocycles. The Kier molecular flexibility index (Phi) is 2.07. The quantitative estimate of drug-likeness (QED) is 0.559. The Morgan fingerprint density at radius 2 is 2.56 bits per heavy atom. The van der Waals surface area contributed by atoms with Gasteiger partial charge in [-0.3, -0.25) is 0 Å². The molecule has 0 fully saturated rings. The number of rotatable bonds is 3. The molecule has 0 aliphatic carbocycles. The summed E-state index contributed by atoms with van der Waals surface area (Å²) in [6, 6.07) is 3.81. The second-order valence-corrected chi connectivity index (χ2v) is 1.78. The number of hydrogen-bond donors (Lipinski definition) is 0. The predicted molar refractivity (Wildman–Crippen MR) is 36.8 cm³/mol. The van der Waals surface area contributed by atoms with Crippen LogP contribution in [0.25, 0.3) is 0 Å². The Morgan fingerprint density at radius 1 is 1.67 bits per heavy atom. The van der Waals surface area contributed by atoms with Crippen LogP contribution in [0, 0.1) is 0 Å². The van der Waals surface area contributed by atoms with Crippen molar-refractivity contribution >= 4 is 6.72 Å². The van der Waals surface area contributed by atoms with Gasteiger partial charge in [0.2, 0.25) is 0 Å². The third-order valence-electron chi connectivity index (χ3n) is 1.10. The molecule has 0 unspecified atom stereocenters. The Morgan fingerprint density at radius 3 is 3.11 bits per heavy atom. The molecule has 0 N–H and O–H groups in total. The van der Waals surface area contributed by atoms with Crippen LogP contribution in [-0.2, 0) is 6.42 Å². The van der Waals surface area contributed by atoms with Crippen LogP contribution in [0.1, 0.15) is 5.76 Å². The summed E-state index contributed by atoms with van der Waals surface area (Å²) in [5.41, 5.74) is 0. The molecule has 0 amide bonds. The summed E-state index contributed by atoms with van der Waals surface area (Å²) in [7, 11) is 0. The van der Waals surface area contributed by atoms with Crippen LogP contribution in [-0.4, -0.2) is 13.3 Å². The van der Waals surface area contributed by atoms with E-state index in [1.165, 1.54) is 0 Å². The average molecular weight is 123 g/mol. The van der Waals surface area contributed by atoms with E-state index in [9.17, 15) is 0 Å². The van der Waals surface area contributed by atoms with Crippen LogP contribution in [0.2, 0.25) is 0 Å². The maximum absolute atomic E-state index is 5.05. The Hall–Kier alpha value is -1.05. The van der Waals surface area contributed by atoms with Gasteiger partial charge < -0.3 is 9.41 Å². The minimum Gasteiger partial charge on any atom is -0.469 e. The highest BCUT2D eigenvalue weighted by Gasteiger charge is 1.90. The first-order valence-corrected chi connectivity index (χ1v) is 2.88. The van der Waals surface area contributed by atoms with E-state index >= 15 is 0 Å². The maximum Gasteiger partial charge on any atom is 0.105 e. The zero-order chi connectivity index (χ0) is 6.53. The van der Waals surface area contributed by atoms with E-state index in [0.29, 0.717) is 0 Å². The number of aliphatic imine (C=N–C) groups is 1. The lowest BCUT2D eigenvalue weighted by molar-refractivity contribution is 0.511. The van der Waals surface area contributed by atoms with Gasteiger partial charge in [-0.05, 0) is 18.9 Å². The second-order valence-electron chi connectivity index (χ2n) is 1.78. The highest BCUT2D eigenvalue weighted by Crippen LogP contribution is 1.99. The van der Waals surface area contributed by atoms with Crippen molar-refractivity contribution in [2.24, 2.45) is 4.99 Å². The summed E-state index contributed by atoms with van der Waals surface area (Å²) in [5, 5.41) is 0. The van der Waals surface area contributed by atoms with Crippen LogP contribution >= 0.6 is 0 Å². The van der Waals surface area contributed by atoms with Gasteiger partial charge >= 0.3 is 0 Å². The summed E-state index contributed by atoms with van der Waals surface area (Å²) in [5.74, 6) is 0.974. The van der Waals surface area contributed by atoms with Gasteiger partial charge in [0.05, 0.1) is 6.26 Å². The maximum atomic E-state index is 5.05. The van der Waals surface area contributed by atoms with E-state index in [-0.39, 0.29) is 0 Å². The van der Waals surface area contributed by atoms with E-state index in [0.717, 1.165) is 18.7 Å². The van der Waals surface area contributed by atoms with Gasteiger partial charge in [0, 0.05) is 13.0 Å². The molecule has 2 nitrogen and oxygen atoms in total. The van der Waals surface area contributed by atoms with Crippen LogP contribution in [0.3, 0.4) is 0 Å². The molecule has 0 radical (unpaired) electrons. The monoisotopic (exact) mass is 123 g/mol. The molecule has 0 aromatic carbocycles. The van der Waals surface area contributed by atoms with Crippen molar-refractivity contribution in [3.05, 3.63) is 24.2 Å². The minimum absolute atomic E-state index is 0.744. The van der Waals surface area contributed by atoms with E-state index < -0.39 is 0 Å². The van der Waals surface area contributed by atoms with Crippen LogP contribution in [0.5, 0.6) is 0 Å². The topological polar surface area (TPSA) is 25.5 Å². The van der Waals surface area contributed by atoms with Crippen molar-refractivity contribution in [3.8, 4) is 0 Å². The van der Waals surface area contributed by atoms with Crippen LogP contribution in [0.4, 0.5) is 0 Å². The van der Waals surface area contributed by atoms with Gasteiger partial charge in [0.1, 0.15) is 5.76 Å². The molecule has 0 saturated carbocycles. The van der Waals surface area contributed by atoms with Crippen LogP contribution < -0.4 is 0 Å². The Bertz CT molecular complexity index is 167. The summed E-state index contributed by atoms with van der Waals surface area (Å²) >= 11 is 0. The van der Waals surface area contributed by atoms with Gasteiger partial charge in [0.15, 0.2) is 0 Å². The summed E-state index contributed by atoms with van der Waals surface area (Å²) in [6.45, 7) is 4.11. The van der Waals surface area contributed by atoms with Crippen molar-refractivity contribution < 1.29 is 4.42 Å². The predicted octanol–water partition coefficient (Wildman–Crippen LogP) is 1.52. The standard InChI is InChI=1S/C7H9NO/c1-8-5-4-7-3-2-6-9-7/h2-3,6H,1,4-5H2. The molecular weight excluding hydrogens is 114 g/mol. The summed E-state index contributed by atoms with van der Waals surface area (Å²) < 4.78 is 5.05. The first-order valence-electron chi connectivity index (χ1n) is 2.88. The SMILES string of the molecule is C=NCCc1ccco1. The lowest BCUT2D eigenvalue weighted by Gasteiger charge is -1.87. The third kappa shape index (κ3) is 1.72. The first-order chi connectivity index (χ1) is 4.43. The van der Waals surface area contributed by atoms with Crippen LogP contribution in [0.15, 0.2) is 27.8 Å². The van der Waals surface area contributed by atoms with E-state index in [1.807, 2.05) is 12.1 Å². The fraction of sp³-hybridized carbons (Fsp3) is 0.286. The van der Waals surface area contributed by atoms with E-state index in [2.05, 4.69) is 11.7 Å². The molecule has 1 heterocycles. The molecule has 1 aromatic rings. The van der Waals surface area contributed by atoms with Gasteiger partial charge in [-0.2, -0.15) is 0 Å². The lowest BCUT2D eigenvalue weighted by atomic mass is 10.3. The summed E-state index contributed by atoms with van der Waals surface area (Å²) in [4.78, 5) is 3.70. The Balaban J connectivity index is 2.38. The fourth-order valence-corrected chi connectivity index (χ4v) is 0.644. The molecule has 9 heavy (non-hydrogen) atoms. The third-order valence-corrected chi connectivity index (χ3v) is 1.10. The normalized spacial score (nSPS) is 9.33. The van der Waals surface area contributed by atoms with Gasteiger partial charge in [-0.1, -0.05) is 0 Å². The first kappa shape index (κ1) is 6.08. The smallest absolute Gasteiger partial charge is 0.105 e. The highest BCUT2D eigenvalue weighted by molar-refractivity contribution is 5.23. The molecule has 0 bridgehead atoms. The number of nitrogens with zero attached hydrogens (tertiary/aromatic N) is 1. The van der Waals surface area contributed by atoms with Gasteiger partial charge in [-0.25, -0.2) is 0 Å². The van der Waals surface area contributed by atoms with Crippen molar-refractivity contribution in [2.75, 3.05) is 6.54 Å². The molecule has 0 spiro atoms. The molecule has 0 saturated heterocycles. The molecule has 0 atom stereocenters. The van der Waals surface area contributed by atoms with E-state index in [1.54, 1.807) is 6.26 Å². The van der Waals surface area contributed by atoms with Crippen molar-refractivity contribution in [3.63, 3.8) is 0 Å².